The molecule has 1 atom stereocenters. The third-order valence-electron chi connectivity index (χ3n) is 6.83. The van der Waals surface area contributed by atoms with Gasteiger partial charge in [0.2, 0.25) is 11.8 Å². The van der Waals surface area contributed by atoms with Gasteiger partial charge in [-0.3, -0.25) is 9.59 Å². The second-order valence-corrected chi connectivity index (χ2v) is 11.5. The Hall–Kier alpha value is -2.14. The van der Waals surface area contributed by atoms with E-state index in [1.807, 2.05) is 31.2 Å². The highest BCUT2D eigenvalue weighted by Crippen LogP contribution is 2.23. The predicted molar refractivity (Wildman–Crippen MR) is 143 cm³/mol. The molecule has 34 heavy (non-hydrogen) atoms. The van der Waals surface area contributed by atoms with E-state index in [0.29, 0.717) is 19.4 Å². The van der Waals surface area contributed by atoms with Crippen molar-refractivity contribution in [2.75, 3.05) is 0 Å². The zero-order valence-corrected chi connectivity index (χ0v) is 22.7. The van der Waals surface area contributed by atoms with Gasteiger partial charge in [0.15, 0.2) is 0 Å². The Kier molecular flexibility index (Phi) is 9.35. The number of nitrogens with one attached hydrogen (secondary N) is 1. The first-order valence-electron chi connectivity index (χ1n) is 12.6. The minimum atomic E-state index is -0.513. The first-order chi connectivity index (χ1) is 16.1. The van der Waals surface area contributed by atoms with Gasteiger partial charge in [-0.05, 0) is 60.4 Å². The number of rotatable bonds is 8. The van der Waals surface area contributed by atoms with Crippen LogP contribution in [-0.2, 0) is 28.0 Å². The molecule has 0 radical (unpaired) electrons. The van der Waals surface area contributed by atoms with Crippen molar-refractivity contribution in [2.45, 2.75) is 96.7 Å². The van der Waals surface area contributed by atoms with E-state index in [4.69, 9.17) is 0 Å². The number of aryl methyl sites for hydroxylation is 1. The molecule has 2 aromatic carbocycles. The van der Waals surface area contributed by atoms with Crippen LogP contribution in [0.15, 0.2) is 53.0 Å². The van der Waals surface area contributed by atoms with Crippen molar-refractivity contribution in [3.8, 4) is 0 Å². The molecule has 0 bridgehead atoms. The molecule has 1 aliphatic rings. The summed E-state index contributed by atoms with van der Waals surface area (Å²) < 4.78 is 0.996. The highest BCUT2D eigenvalue weighted by Gasteiger charge is 2.28. The van der Waals surface area contributed by atoms with Crippen molar-refractivity contribution in [3.05, 3.63) is 69.7 Å². The molecule has 0 aromatic heterocycles. The number of halogens is 1. The third kappa shape index (κ3) is 7.69. The number of benzene rings is 2. The van der Waals surface area contributed by atoms with Crippen molar-refractivity contribution in [1.29, 1.82) is 0 Å². The zero-order chi connectivity index (χ0) is 24.7. The molecule has 1 N–H and O–H groups in total. The Balaban J connectivity index is 1.69. The second kappa shape index (κ2) is 12.0. The Morgan fingerprint density at radius 1 is 0.971 bits per heavy atom. The molecule has 0 spiro atoms. The average Bonchev–Trinajstić information content (AvgIpc) is 2.82. The van der Waals surface area contributed by atoms with Gasteiger partial charge in [-0.15, -0.1) is 0 Å². The van der Waals surface area contributed by atoms with E-state index in [1.54, 1.807) is 4.90 Å². The summed E-state index contributed by atoms with van der Waals surface area (Å²) in [5.74, 6) is -0.0407. The summed E-state index contributed by atoms with van der Waals surface area (Å²) in [5.41, 5.74) is 3.55. The fraction of sp³-hybridized carbons (Fsp3) is 0.517. The smallest absolute Gasteiger partial charge is 0.242 e. The molecule has 0 saturated heterocycles. The summed E-state index contributed by atoms with van der Waals surface area (Å²) in [6.07, 6.45) is 6.67. The summed E-state index contributed by atoms with van der Waals surface area (Å²) >= 11 is 3.47. The molecule has 5 heteroatoms. The lowest BCUT2D eigenvalue weighted by molar-refractivity contribution is -0.141. The summed E-state index contributed by atoms with van der Waals surface area (Å²) in [7, 11) is 0. The first-order valence-corrected chi connectivity index (χ1v) is 13.4. The molecule has 184 valence electrons. The van der Waals surface area contributed by atoms with E-state index in [-0.39, 0.29) is 23.3 Å². The molecule has 2 aromatic rings. The molecule has 0 aliphatic heterocycles. The maximum absolute atomic E-state index is 13.4. The number of nitrogens with zero attached hydrogens (tertiary/aromatic N) is 1. The Morgan fingerprint density at radius 3 is 2.15 bits per heavy atom. The van der Waals surface area contributed by atoms with Crippen molar-refractivity contribution < 1.29 is 9.59 Å². The molecule has 4 nitrogen and oxygen atoms in total. The third-order valence-corrected chi connectivity index (χ3v) is 7.36. The van der Waals surface area contributed by atoms with Crippen LogP contribution in [0.25, 0.3) is 0 Å². The van der Waals surface area contributed by atoms with Crippen LogP contribution in [0.4, 0.5) is 0 Å². The lowest BCUT2D eigenvalue weighted by Crippen LogP contribution is -2.50. The number of hydrogen-bond acceptors (Lipinski definition) is 2. The Bertz CT molecular complexity index is 942. The molecule has 2 amide bonds. The molecule has 3 rings (SSSR count). The van der Waals surface area contributed by atoms with Crippen LogP contribution in [0.5, 0.6) is 0 Å². The molecule has 1 saturated carbocycles. The lowest BCUT2D eigenvalue weighted by Gasteiger charge is -2.31. The van der Waals surface area contributed by atoms with Gasteiger partial charge in [0, 0.05) is 23.5 Å². The van der Waals surface area contributed by atoms with Crippen LogP contribution in [0.1, 0.15) is 82.9 Å². The molecular formula is C29H39BrN2O2. The Morgan fingerprint density at radius 2 is 1.56 bits per heavy atom. The maximum atomic E-state index is 13.4. The second-order valence-electron chi connectivity index (χ2n) is 10.6. The molecule has 1 fully saturated rings. The van der Waals surface area contributed by atoms with Gasteiger partial charge in [-0.1, -0.05) is 92.4 Å². The van der Waals surface area contributed by atoms with Gasteiger partial charge in [0.1, 0.15) is 6.04 Å². The fourth-order valence-corrected chi connectivity index (χ4v) is 4.77. The molecule has 0 heterocycles. The monoisotopic (exact) mass is 526 g/mol. The van der Waals surface area contributed by atoms with Crippen molar-refractivity contribution in [3.63, 3.8) is 0 Å². The van der Waals surface area contributed by atoms with Gasteiger partial charge >= 0.3 is 0 Å². The fourth-order valence-electron chi connectivity index (χ4n) is 4.50. The van der Waals surface area contributed by atoms with Crippen LogP contribution in [0.3, 0.4) is 0 Å². The van der Waals surface area contributed by atoms with Crippen LogP contribution < -0.4 is 5.32 Å². The quantitative estimate of drug-likeness (QED) is 0.424. The maximum Gasteiger partial charge on any atom is 0.242 e. The number of hydrogen-bond donors (Lipinski definition) is 1. The van der Waals surface area contributed by atoms with Crippen LogP contribution >= 0.6 is 15.9 Å². The Labute approximate surface area is 213 Å². The summed E-state index contributed by atoms with van der Waals surface area (Å²) in [6, 6.07) is 16.2. The SMILES string of the molecule is C[C@H](C(=O)NC1CCCCC1)N(Cc1ccc(Br)cc1)C(=O)CCc1ccc(C(C)(C)C)cc1. The van der Waals surface area contributed by atoms with Crippen molar-refractivity contribution >= 4 is 27.7 Å². The molecule has 0 unspecified atom stereocenters. The number of amides is 2. The lowest BCUT2D eigenvalue weighted by atomic mass is 9.86. The summed E-state index contributed by atoms with van der Waals surface area (Å²) in [4.78, 5) is 28.2. The highest BCUT2D eigenvalue weighted by atomic mass is 79.9. The zero-order valence-electron chi connectivity index (χ0n) is 21.1. The first kappa shape index (κ1) is 26.5. The van der Waals surface area contributed by atoms with Gasteiger partial charge < -0.3 is 10.2 Å². The summed E-state index contributed by atoms with van der Waals surface area (Å²) in [5, 5.41) is 3.20. The number of carbonyl (C=O) groups is 2. The van der Waals surface area contributed by atoms with E-state index >= 15 is 0 Å². The molecule has 1 aliphatic carbocycles. The van der Waals surface area contributed by atoms with Gasteiger partial charge in [-0.2, -0.15) is 0 Å². The van der Waals surface area contributed by atoms with E-state index in [1.165, 1.54) is 12.0 Å². The van der Waals surface area contributed by atoms with E-state index in [9.17, 15) is 9.59 Å². The standard InChI is InChI=1S/C29H39BrN2O2/c1-21(28(34)31-26-8-6-5-7-9-26)32(20-23-12-17-25(30)18-13-23)27(33)19-14-22-10-15-24(16-11-22)29(2,3)4/h10-13,15-18,21,26H,5-9,14,19-20H2,1-4H3,(H,31,34)/t21-/m1/s1. The van der Waals surface area contributed by atoms with Crippen LogP contribution in [0.2, 0.25) is 0 Å². The predicted octanol–water partition coefficient (Wildman–Crippen LogP) is 6.55. The largest absolute Gasteiger partial charge is 0.352 e. The van der Waals surface area contributed by atoms with Crippen LogP contribution in [-0.4, -0.2) is 28.8 Å². The van der Waals surface area contributed by atoms with Gasteiger partial charge in [-0.25, -0.2) is 0 Å². The number of carbonyl (C=O) groups excluding carboxylic acids is 2. The molecular weight excluding hydrogens is 488 g/mol. The van der Waals surface area contributed by atoms with Gasteiger partial charge in [0.05, 0.1) is 0 Å². The minimum Gasteiger partial charge on any atom is -0.352 e. The van der Waals surface area contributed by atoms with Gasteiger partial charge in [0.25, 0.3) is 0 Å². The van der Waals surface area contributed by atoms with E-state index in [0.717, 1.165) is 41.3 Å². The van der Waals surface area contributed by atoms with E-state index < -0.39 is 6.04 Å². The topological polar surface area (TPSA) is 49.4 Å². The van der Waals surface area contributed by atoms with Crippen LogP contribution in [0, 0.1) is 0 Å². The average molecular weight is 528 g/mol. The van der Waals surface area contributed by atoms with Crippen molar-refractivity contribution in [1.82, 2.24) is 10.2 Å². The summed E-state index contributed by atoms with van der Waals surface area (Å²) in [6.45, 7) is 8.88. The minimum absolute atomic E-state index is 0.00844. The highest BCUT2D eigenvalue weighted by molar-refractivity contribution is 9.10. The normalized spacial score (nSPS) is 15.6. The van der Waals surface area contributed by atoms with E-state index in [2.05, 4.69) is 66.3 Å². The van der Waals surface area contributed by atoms with Crippen molar-refractivity contribution in [2.24, 2.45) is 0 Å².